The van der Waals surface area contributed by atoms with E-state index >= 15 is 0 Å². The molecule has 1 radical (unpaired) electrons. The number of para-hydroxylation sites is 2. The number of nitrogens with one attached hydrogen (secondary N) is 2. The van der Waals surface area contributed by atoms with Crippen molar-refractivity contribution in [1.82, 2.24) is 9.88 Å². The van der Waals surface area contributed by atoms with Crippen LogP contribution in [0.25, 0.3) is 16.3 Å². The molecule has 8 nitrogen and oxygen atoms in total. The van der Waals surface area contributed by atoms with Gasteiger partial charge in [-0.25, -0.2) is 0 Å². The molecule has 0 saturated carbocycles. The van der Waals surface area contributed by atoms with E-state index in [0.29, 0.717) is 36.3 Å². The van der Waals surface area contributed by atoms with Crippen LogP contribution >= 0.6 is 31.9 Å². The summed E-state index contributed by atoms with van der Waals surface area (Å²) in [6, 6.07) is 6.49. The van der Waals surface area contributed by atoms with E-state index in [9.17, 15) is 19.5 Å². The molecule has 153 valence electrons. The summed E-state index contributed by atoms with van der Waals surface area (Å²) in [5.41, 5.74) is 0.625. The van der Waals surface area contributed by atoms with Crippen LogP contribution in [0.15, 0.2) is 48.7 Å². The van der Waals surface area contributed by atoms with Crippen LogP contribution in [-0.2, 0) is 4.79 Å². The zero-order valence-corrected chi connectivity index (χ0v) is 19.0. The van der Waals surface area contributed by atoms with Crippen molar-refractivity contribution >= 4 is 73.6 Å². The number of nitrogens with zero attached hydrogens (tertiary/aromatic N) is 2. The Morgan fingerprint density at radius 1 is 1.09 bits per heavy atom. The number of aromatic hydroxyl groups is 1. The first kappa shape index (κ1) is 19.5. The fraction of sp³-hybridized carbons (Fsp3) is 0.0476. The Hall–Kier alpha value is -3.18. The Bertz CT molecular complexity index is 1720. The van der Waals surface area contributed by atoms with Gasteiger partial charge in [-0.05, 0) is 0 Å². The first-order valence-corrected chi connectivity index (χ1v) is 11.0. The molecule has 2 aliphatic heterocycles. The molecule has 0 spiro atoms. The summed E-state index contributed by atoms with van der Waals surface area (Å²) in [6.45, 7) is 0. The third-order valence-corrected chi connectivity index (χ3v) is 8.01. The molecular weight excluding hydrogens is 543 g/mol. The molecule has 3 aromatic rings. The summed E-state index contributed by atoms with van der Waals surface area (Å²) in [6.07, 6.45) is 0.970. The number of fused-ring (bicyclic) bond motifs is 3. The predicted octanol–water partition coefficient (Wildman–Crippen LogP) is -0.922. The van der Waals surface area contributed by atoms with Gasteiger partial charge in [-0.3, -0.25) is 0 Å². The molecule has 1 unspecified atom stereocenters. The molecule has 0 bridgehead atoms. The number of rotatable bonds is 1. The van der Waals surface area contributed by atoms with Crippen molar-refractivity contribution in [3.8, 4) is 5.88 Å². The number of benzene rings is 2. The second kappa shape index (κ2) is 6.42. The first-order valence-electron chi connectivity index (χ1n) is 9.39. The van der Waals surface area contributed by atoms with E-state index in [1.54, 1.807) is 6.07 Å². The van der Waals surface area contributed by atoms with Gasteiger partial charge in [-0.2, -0.15) is 0 Å². The zero-order chi connectivity index (χ0) is 22.5. The summed E-state index contributed by atoms with van der Waals surface area (Å²) in [5, 5.41) is 15.2. The molecule has 11 heteroatoms. The average Bonchev–Trinajstić information content (AvgIpc) is 2.76. The van der Waals surface area contributed by atoms with Gasteiger partial charge in [0, 0.05) is 0 Å². The molecule has 3 aliphatic rings. The van der Waals surface area contributed by atoms with Crippen LogP contribution in [0.2, 0.25) is 0 Å². The fourth-order valence-corrected chi connectivity index (χ4v) is 5.74. The average molecular weight is 552 g/mol. The number of imide groups is 1. The first-order chi connectivity index (χ1) is 15.3. The van der Waals surface area contributed by atoms with Crippen LogP contribution in [0, 0.1) is 0 Å². The van der Waals surface area contributed by atoms with Crippen molar-refractivity contribution in [2.75, 3.05) is 0 Å². The summed E-state index contributed by atoms with van der Waals surface area (Å²) in [5.74, 6) is -1.64. The number of aromatic nitrogens is 1. The molecule has 1 atom stereocenters. The van der Waals surface area contributed by atoms with Crippen LogP contribution in [0.3, 0.4) is 0 Å². The van der Waals surface area contributed by atoms with Crippen molar-refractivity contribution < 1.29 is 19.7 Å². The van der Waals surface area contributed by atoms with E-state index in [2.05, 4.69) is 42.2 Å². The van der Waals surface area contributed by atoms with Gasteiger partial charge in [0.1, 0.15) is 0 Å². The van der Waals surface area contributed by atoms with Crippen LogP contribution in [0.5, 0.6) is 5.88 Å². The maximum atomic E-state index is 13.2. The van der Waals surface area contributed by atoms with Gasteiger partial charge in [0.15, 0.2) is 0 Å². The van der Waals surface area contributed by atoms with Crippen LogP contribution in [-0.4, -0.2) is 35.1 Å². The van der Waals surface area contributed by atoms with E-state index in [-0.39, 0.29) is 22.1 Å². The number of carbonyl (C=O) groups is 2. The van der Waals surface area contributed by atoms with Crippen molar-refractivity contribution in [2.45, 2.75) is 6.04 Å². The molecule has 32 heavy (non-hydrogen) atoms. The Morgan fingerprint density at radius 3 is 2.59 bits per heavy atom. The number of carbonyl (C=O) groups excluding carboxylic acids is 2. The standard InChI is InChI=1S/C21H8BBr2N4O4/c22-5-28-20(31)11-9-8-10(14(23)15(11)24)18(29)27-19(30)12(8)16-17(13(9)21(28)32)26-7-4-2-1-3-6(7)25-16/h1-5,17,32H,(H,27,29,30)/p+1. The number of pyridine rings is 1. The number of amides is 2. The van der Waals surface area contributed by atoms with E-state index in [4.69, 9.17) is 12.5 Å². The minimum absolute atomic E-state index is 0.171. The van der Waals surface area contributed by atoms with E-state index in [1.165, 1.54) is 0 Å². The van der Waals surface area contributed by atoms with Crippen LogP contribution in [0.4, 0.5) is 0 Å². The van der Waals surface area contributed by atoms with Crippen LogP contribution < -0.4 is 26.6 Å². The minimum atomic E-state index is -0.762. The third kappa shape index (κ3) is 2.22. The molecule has 1 aliphatic carbocycles. The summed E-state index contributed by atoms with van der Waals surface area (Å²) in [4.78, 5) is 47.1. The van der Waals surface area contributed by atoms with Crippen LogP contribution in [0.1, 0.15) is 27.5 Å². The van der Waals surface area contributed by atoms with Gasteiger partial charge in [-0.15, -0.1) is 0 Å². The Kier molecular flexibility index (Phi) is 3.92. The molecule has 1 aromatic heterocycles. The molecule has 2 amide bonds. The molecule has 0 fully saturated rings. The Balaban J connectivity index is 1.97. The second-order valence-electron chi connectivity index (χ2n) is 7.44. The summed E-state index contributed by atoms with van der Waals surface area (Å²) in [7, 11) is 5.67. The number of hydrogen-bond donors (Lipinski definition) is 3. The van der Waals surface area contributed by atoms with E-state index in [1.807, 2.05) is 18.2 Å². The van der Waals surface area contributed by atoms with Crippen molar-refractivity contribution in [1.29, 1.82) is 0 Å². The summed E-state index contributed by atoms with van der Waals surface area (Å²) < 4.78 is 1.55. The van der Waals surface area contributed by atoms with Gasteiger partial charge in [0.05, 0.1) is 0 Å². The maximum absolute atomic E-state index is 13.2. The predicted molar refractivity (Wildman–Crippen MR) is 122 cm³/mol. The molecule has 3 N–H and O–H groups in total. The van der Waals surface area contributed by atoms with Crippen molar-refractivity contribution in [3.05, 3.63) is 76.7 Å². The fourth-order valence-electron chi connectivity index (χ4n) is 4.60. The van der Waals surface area contributed by atoms with Gasteiger partial charge < -0.3 is 0 Å². The number of halogens is 2. The normalized spacial score (nSPS) is 17.8. The molecular formula is C21H9BBr2N4O4+. The van der Waals surface area contributed by atoms with Gasteiger partial charge >= 0.3 is 197 Å². The Labute approximate surface area is 196 Å². The molecule has 3 heterocycles. The van der Waals surface area contributed by atoms with E-state index in [0.717, 1.165) is 10.7 Å². The molecule has 2 aromatic carbocycles. The molecule has 0 saturated heterocycles. The second-order valence-corrected chi connectivity index (χ2v) is 9.03. The SMILES string of the molecule is [B]=Cn1c(O)c2c3c4c(c(Br)c(Br)c3c1=O)C(=O)NC(=O)C4=C1N=c3ccccc3=[NH+]C12. The van der Waals surface area contributed by atoms with Gasteiger partial charge in [-0.1, -0.05) is 0 Å². The third-order valence-electron chi connectivity index (χ3n) is 5.90. The quantitative estimate of drug-likeness (QED) is 0.268. The van der Waals surface area contributed by atoms with E-state index < -0.39 is 29.3 Å². The summed E-state index contributed by atoms with van der Waals surface area (Å²) >= 11 is 6.81. The monoisotopic (exact) mass is 550 g/mol. The van der Waals surface area contributed by atoms with Crippen molar-refractivity contribution in [3.63, 3.8) is 0 Å². The number of hydrogen-bond acceptors (Lipinski definition) is 5. The van der Waals surface area contributed by atoms with Gasteiger partial charge in [0.2, 0.25) is 0 Å². The zero-order valence-electron chi connectivity index (χ0n) is 15.9. The van der Waals surface area contributed by atoms with Crippen molar-refractivity contribution in [2.24, 2.45) is 4.99 Å². The van der Waals surface area contributed by atoms with Gasteiger partial charge in [0.25, 0.3) is 0 Å². The topological polar surface area (TPSA) is 115 Å². The molecule has 6 rings (SSSR count). The Morgan fingerprint density at radius 2 is 1.84 bits per heavy atom.